The minimum Gasteiger partial charge on any atom is -0.497 e. The molecule has 0 aliphatic carbocycles. The molecular weight excluding hydrogens is 366 g/mol. The fourth-order valence-electron chi connectivity index (χ4n) is 4.74. The van der Waals surface area contributed by atoms with E-state index >= 15 is 0 Å². The van der Waals surface area contributed by atoms with Crippen LogP contribution in [0.4, 0.5) is 9.59 Å². The topological polar surface area (TPSA) is 126 Å². The number of fused-ring (bicyclic) bond motifs is 4. The molecule has 1 unspecified atom stereocenters. The molecule has 28 heavy (non-hydrogen) atoms. The largest absolute Gasteiger partial charge is 0.497 e. The van der Waals surface area contributed by atoms with Gasteiger partial charge in [0.1, 0.15) is 5.75 Å². The lowest BCUT2D eigenvalue weighted by molar-refractivity contribution is 0.0478. The molecule has 0 radical (unpaired) electrons. The molecule has 4 N–H and O–H groups in total. The van der Waals surface area contributed by atoms with Gasteiger partial charge in [0.2, 0.25) is 0 Å². The third kappa shape index (κ3) is 2.65. The number of H-pyrrole nitrogens is 1. The number of benzene rings is 1. The van der Waals surface area contributed by atoms with E-state index in [4.69, 9.17) is 4.74 Å². The van der Waals surface area contributed by atoms with Crippen molar-refractivity contribution >= 4 is 23.1 Å². The van der Waals surface area contributed by atoms with E-state index in [2.05, 4.69) is 4.98 Å². The van der Waals surface area contributed by atoms with Gasteiger partial charge in [0, 0.05) is 47.7 Å². The Kier molecular flexibility index (Phi) is 4.34. The summed E-state index contributed by atoms with van der Waals surface area (Å²) in [5.74, 6) is 0.677. The molecule has 1 fully saturated rings. The highest BCUT2D eigenvalue weighted by atomic mass is 16.5. The Balaban J connectivity index is 1.88. The summed E-state index contributed by atoms with van der Waals surface area (Å²) in [4.78, 5) is 29.2. The van der Waals surface area contributed by atoms with Crippen LogP contribution in [0.2, 0.25) is 0 Å². The van der Waals surface area contributed by atoms with Crippen LogP contribution in [0.3, 0.4) is 0 Å². The molecule has 9 heteroatoms. The van der Waals surface area contributed by atoms with Crippen LogP contribution >= 0.6 is 0 Å². The van der Waals surface area contributed by atoms with Crippen LogP contribution in [-0.2, 0) is 5.41 Å². The maximum absolute atomic E-state index is 11.9. The molecule has 0 bridgehead atoms. The maximum atomic E-state index is 11.9. The number of methoxy groups -OCH3 is 1. The zero-order valence-corrected chi connectivity index (χ0v) is 15.5. The minimum absolute atomic E-state index is 0.229. The summed E-state index contributed by atoms with van der Waals surface area (Å²) in [5.41, 5.74) is 1.99. The molecular formula is C19H23N3O6. The summed E-state index contributed by atoms with van der Waals surface area (Å²) in [7, 11) is 1.58. The molecule has 2 aliphatic heterocycles. The van der Waals surface area contributed by atoms with Crippen LogP contribution in [-0.4, -0.2) is 75.6 Å². The van der Waals surface area contributed by atoms with Gasteiger partial charge < -0.3 is 29.9 Å². The summed E-state index contributed by atoms with van der Waals surface area (Å²) < 4.78 is 5.30. The number of carboxylic acid groups (broad SMARTS) is 2. The van der Waals surface area contributed by atoms with Gasteiger partial charge in [-0.3, -0.25) is 4.90 Å². The first kappa shape index (κ1) is 18.4. The number of hydrogen-bond donors (Lipinski definition) is 4. The van der Waals surface area contributed by atoms with Crippen molar-refractivity contribution < 1.29 is 29.6 Å². The average molecular weight is 389 g/mol. The molecule has 150 valence electrons. The molecule has 2 aromatic rings. The molecule has 1 atom stereocenters. The van der Waals surface area contributed by atoms with E-state index in [0.717, 1.165) is 16.5 Å². The van der Waals surface area contributed by atoms with Crippen molar-refractivity contribution in [1.29, 1.82) is 0 Å². The predicted octanol–water partition coefficient (Wildman–Crippen LogP) is 2.22. The van der Waals surface area contributed by atoms with E-state index < -0.39 is 23.6 Å². The average Bonchev–Trinajstić information content (AvgIpc) is 3.07. The first-order valence-electron chi connectivity index (χ1n) is 9.18. The Morgan fingerprint density at radius 1 is 1.25 bits per heavy atom. The lowest BCUT2D eigenvalue weighted by Gasteiger charge is -2.49. The number of aromatic nitrogens is 1. The Labute approximate surface area is 161 Å². The van der Waals surface area contributed by atoms with Gasteiger partial charge in [0.25, 0.3) is 0 Å². The van der Waals surface area contributed by atoms with Crippen molar-refractivity contribution in [3.63, 3.8) is 0 Å². The van der Waals surface area contributed by atoms with Crippen LogP contribution in [0, 0.1) is 0 Å². The second-order valence-electron chi connectivity index (χ2n) is 7.48. The highest BCUT2D eigenvalue weighted by molar-refractivity contribution is 5.88. The summed E-state index contributed by atoms with van der Waals surface area (Å²) in [6.07, 6.45) is -1.01. The van der Waals surface area contributed by atoms with Gasteiger partial charge in [-0.15, -0.1) is 0 Å². The minimum atomic E-state index is -1.10. The van der Waals surface area contributed by atoms with Crippen LogP contribution in [0.1, 0.15) is 30.1 Å². The van der Waals surface area contributed by atoms with Crippen molar-refractivity contribution in [2.45, 2.75) is 24.3 Å². The van der Waals surface area contributed by atoms with Crippen LogP contribution in [0.25, 0.3) is 10.9 Å². The van der Waals surface area contributed by atoms with Crippen molar-refractivity contribution in [3.05, 3.63) is 29.5 Å². The molecule has 1 saturated heterocycles. The summed E-state index contributed by atoms with van der Waals surface area (Å²) in [6, 6.07) is 4.97. The number of nitrogens with one attached hydrogen (secondary N) is 1. The molecule has 1 spiro atoms. The molecule has 0 saturated carbocycles. The number of likely N-dealkylation sites (tertiary alicyclic amines) is 1. The molecule has 9 nitrogen and oxygen atoms in total. The standard InChI is InChI=1S/C19H23N3O6/c1-28-11-2-3-12-13(8-11)20-16-14(9-23)22(18(26)27)10-19(15(12)16)4-6-21(7-5-19)17(24)25/h2-3,8,14,20,23H,4-7,9-10H2,1H3,(H,24,25)(H,26,27). The van der Waals surface area contributed by atoms with Gasteiger partial charge in [-0.1, -0.05) is 0 Å². The molecule has 2 aliphatic rings. The van der Waals surface area contributed by atoms with E-state index in [9.17, 15) is 24.9 Å². The van der Waals surface area contributed by atoms with Gasteiger partial charge in [-0.25, -0.2) is 9.59 Å². The second-order valence-corrected chi connectivity index (χ2v) is 7.48. The number of amides is 2. The zero-order chi connectivity index (χ0) is 20.1. The van der Waals surface area contributed by atoms with E-state index in [1.54, 1.807) is 7.11 Å². The van der Waals surface area contributed by atoms with E-state index in [0.29, 0.717) is 37.4 Å². The third-order valence-corrected chi connectivity index (χ3v) is 6.16. The third-order valence-electron chi connectivity index (χ3n) is 6.16. The van der Waals surface area contributed by atoms with Gasteiger partial charge in [0.05, 0.1) is 19.8 Å². The normalized spacial score (nSPS) is 21.0. The fraction of sp³-hybridized carbons (Fsp3) is 0.474. The van der Waals surface area contributed by atoms with Crippen LogP contribution in [0.5, 0.6) is 5.75 Å². The number of piperidine rings is 1. The number of aliphatic hydroxyl groups excluding tert-OH is 1. The molecule has 3 heterocycles. The second kappa shape index (κ2) is 6.59. The van der Waals surface area contributed by atoms with Crippen LogP contribution < -0.4 is 4.74 Å². The molecule has 2 amide bonds. The summed E-state index contributed by atoms with van der Waals surface area (Å²) in [5, 5.41) is 30.0. The Morgan fingerprint density at radius 3 is 2.54 bits per heavy atom. The zero-order valence-electron chi connectivity index (χ0n) is 15.5. The quantitative estimate of drug-likeness (QED) is 0.624. The highest BCUT2D eigenvalue weighted by Crippen LogP contribution is 2.49. The number of ether oxygens (including phenoxy) is 1. The highest BCUT2D eigenvalue weighted by Gasteiger charge is 2.49. The lowest BCUT2D eigenvalue weighted by Crippen LogP contribution is -2.55. The van der Waals surface area contributed by atoms with E-state index in [1.807, 2.05) is 18.2 Å². The SMILES string of the molecule is COc1ccc2c3c([nH]c2c1)C(CO)N(C(=O)O)CC31CCN(C(=O)O)CC1. The molecule has 1 aromatic heterocycles. The smallest absolute Gasteiger partial charge is 0.407 e. The first-order valence-corrected chi connectivity index (χ1v) is 9.18. The van der Waals surface area contributed by atoms with E-state index in [-0.39, 0.29) is 13.2 Å². The fourth-order valence-corrected chi connectivity index (χ4v) is 4.74. The van der Waals surface area contributed by atoms with Gasteiger partial charge >= 0.3 is 12.2 Å². The Hall–Kier alpha value is -2.94. The van der Waals surface area contributed by atoms with Gasteiger partial charge in [-0.2, -0.15) is 0 Å². The monoisotopic (exact) mass is 389 g/mol. The van der Waals surface area contributed by atoms with Crippen molar-refractivity contribution in [2.24, 2.45) is 0 Å². The number of rotatable bonds is 2. The number of nitrogens with zero attached hydrogens (tertiary/aromatic N) is 2. The summed E-state index contributed by atoms with van der Waals surface area (Å²) >= 11 is 0. The van der Waals surface area contributed by atoms with Crippen molar-refractivity contribution in [1.82, 2.24) is 14.8 Å². The summed E-state index contributed by atoms with van der Waals surface area (Å²) in [6.45, 7) is 0.581. The lowest BCUT2D eigenvalue weighted by atomic mass is 9.68. The van der Waals surface area contributed by atoms with Crippen LogP contribution in [0.15, 0.2) is 18.2 Å². The first-order chi connectivity index (χ1) is 13.4. The number of hydrogen-bond acceptors (Lipinski definition) is 4. The van der Waals surface area contributed by atoms with Gasteiger partial charge in [0.15, 0.2) is 0 Å². The number of aromatic amines is 1. The number of carbonyl (C=O) groups is 2. The van der Waals surface area contributed by atoms with Gasteiger partial charge in [-0.05, 0) is 30.5 Å². The maximum Gasteiger partial charge on any atom is 0.407 e. The molecule has 4 rings (SSSR count). The predicted molar refractivity (Wildman–Crippen MR) is 99.9 cm³/mol. The van der Waals surface area contributed by atoms with E-state index in [1.165, 1.54) is 9.80 Å². The van der Waals surface area contributed by atoms with Crippen molar-refractivity contribution in [3.8, 4) is 5.75 Å². The Bertz CT molecular complexity index is 931. The molecule has 1 aromatic carbocycles. The number of aliphatic hydroxyl groups is 1. The van der Waals surface area contributed by atoms with Crippen molar-refractivity contribution in [2.75, 3.05) is 33.4 Å². The Morgan fingerprint density at radius 2 is 1.96 bits per heavy atom.